The van der Waals surface area contributed by atoms with Gasteiger partial charge in [0.2, 0.25) is 5.91 Å². The van der Waals surface area contributed by atoms with E-state index in [9.17, 15) is 9.59 Å². The van der Waals surface area contributed by atoms with E-state index in [1.807, 2.05) is 18.2 Å². The summed E-state index contributed by atoms with van der Waals surface area (Å²) < 4.78 is 0. The fraction of sp³-hybridized carbons (Fsp3) is 0.300. The van der Waals surface area contributed by atoms with Crippen molar-refractivity contribution < 1.29 is 14.5 Å². The third-order valence-electron chi connectivity index (χ3n) is 5.34. The van der Waals surface area contributed by atoms with Crippen molar-refractivity contribution in [2.45, 2.75) is 12.5 Å². The maximum Gasteiger partial charge on any atom is 0.292 e. The molecule has 27 heavy (non-hydrogen) atoms. The van der Waals surface area contributed by atoms with Gasteiger partial charge in [-0.3, -0.25) is 9.59 Å². The molecule has 2 aromatic carbocycles. The van der Waals surface area contributed by atoms with E-state index in [1.165, 1.54) is 10.6 Å². The quantitative estimate of drug-likeness (QED) is 0.796. The van der Waals surface area contributed by atoms with E-state index >= 15 is 0 Å². The van der Waals surface area contributed by atoms with Gasteiger partial charge in [0.1, 0.15) is 0 Å². The number of para-hydroxylation sites is 1. The van der Waals surface area contributed by atoms with Crippen molar-refractivity contribution in [3.05, 3.63) is 58.6 Å². The van der Waals surface area contributed by atoms with E-state index in [2.05, 4.69) is 17.0 Å². The Balaban J connectivity index is 1.48. The number of amides is 2. The summed E-state index contributed by atoms with van der Waals surface area (Å²) in [5, 5.41) is 0.576. The number of quaternary nitrogens is 1. The van der Waals surface area contributed by atoms with Crippen LogP contribution in [0.25, 0.3) is 0 Å². The number of carbonyl (C=O) groups excluding carboxylic acids is 2. The van der Waals surface area contributed by atoms with Crippen LogP contribution in [-0.2, 0) is 9.59 Å². The molecular formula is C20H20Cl2N3O2+. The van der Waals surface area contributed by atoms with E-state index in [0.717, 1.165) is 31.1 Å². The Bertz CT molecular complexity index is 867. The summed E-state index contributed by atoms with van der Waals surface area (Å²) in [7, 11) is 0. The first-order valence-electron chi connectivity index (χ1n) is 9.01. The van der Waals surface area contributed by atoms with Crippen LogP contribution in [0.5, 0.6) is 0 Å². The number of piperazine rings is 1. The van der Waals surface area contributed by atoms with E-state index in [1.54, 1.807) is 18.2 Å². The molecule has 2 fully saturated rings. The molecule has 2 saturated heterocycles. The van der Waals surface area contributed by atoms with E-state index in [4.69, 9.17) is 23.2 Å². The fourth-order valence-corrected chi connectivity index (χ4v) is 4.29. The van der Waals surface area contributed by atoms with Gasteiger partial charge in [-0.2, -0.15) is 0 Å². The molecule has 2 amide bonds. The summed E-state index contributed by atoms with van der Waals surface area (Å²) >= 11 is 12.3. The van der Waals surface area contributed by atoms with Crippen LogP contribution < -0.4 is 14.7 Å². The van der Waals surface area contributed by atoms with Gasteiger partial charge in [0, 0.05) is 5.69 Å². The summed E-state index contributed by atoms with van der Waals surface area (Å²) in [5.74, 6) is -0.403. The Morgan fingerprint density at radius 1 is 0.926 bits per heavy atom. The molecule has 2 aromatic rings. The molecular weight excluding hydrogens is 385 g/mol. The van der Waals surface area contributed by atoms with Crippen molar-refractivity contribution >= 4 is 46.4 Å². The Labute approximate surface area is 168 Å². The lowest BCUT2D eigenvalue weighted by atomic mass is 10.1. The molecule has 0 aromatic heterocycles. The van der Waals surface area contributed by atoms with Crippen LogP contribution in [0.2, 0.25) is 10.0 Å². The van der Waals surface area contributed by atoms with Gasteiger partial charge in [0.05, 0.1) is 48.3 Å². The SMILES string of the molecule is O=C1C[C@@H]([NH+]2CCN(c3ccccc3)CC2)C(=O)N1c1cccc(Cl)c1Cl. The summed E-state index contributed by atoms with van der Waals surface area (Å²) in [6, 6.07) is 14.9. The zero-order chi connectivity index (χ0) is 19.0. The van der Waals surface area contributed by atoms with Crippen LogP contribution in [0.15, 0.2) is 48.5 Å². The van der Waals surface area contributed by atoms with Gasteiger partial charge in [-0.05, 0) is 24.3 Å². The van der Waals surface area contributed by atoms with Gasteiger partial charge in [-0.1, -0.05) is 47.5 Å². The molecule has 0 unspecified atom stereocenters. The maximum absolute atomic E-state index is 13.0. The van der Waals surface area contributed by atoms with Crippen molar-refractivity contribution in [2.75, 3.05) is 36.0 Å². The number of carbonyl (C=O) groups is 2. The van der Waals surface area contributed by atoms with Gasteiger partial charge in [0.15, 0.2) is 6.04 Å². The van der Waals surface area contributed by atoms with Crippen molar-refractivity contribution in [2.24, 2.45) is 0 Å². The average Bonchev–Trinajstić information content (AvgIpc) is 2.99. The maximum atomic E-state index is 13.0. The van der Waals surface area contributed by atoms with Crippen LogP contribution in [0.1, 0.15) is 6.42 Å². The molecule has 0 aliphatic carbocycles. The predicted molar refractivity (Wildman–Crippen MR) is 107 cm³/mol. The normalized spacial score (nSPS) is 21.2. The highest BCUT2D eigenvalue weighted by molar-refractivity contribution is 6.44. The number of hydrogen-bond donors (Lipinski definition) is 1. The zero-order valence-corrected chi connectivity index (χ0v) is 16.2. The first kappa shape index (κ1) is 18.3. The van der Waals surface area contributed by atoms with Crippen LogP contribution >= 0.6 is 23.2 Å². The zero-order valence-electron chi connectivity index (χ0n) is 14.7. The van der Waals surface area contributed by atoms with E-state index in [-0.39, 0.29) is 29.3 Å². The molecule has 140 valence electrons. The standard InChI is InChI=1S/C20H19Cl2N3O2/c21-15-7-4-8-16(19(15)22)25-18(26)13-17(20(25)27)24-11-9-23(10-12-24)14-5-2-1-3-6-14/h1-8,17H,9-13H2/p+1/t17-/m1/s1. The number of anilines is 2. The third-order valence-corrected chi connectivity index (χ3v) is 6.15. The molecule has 1 N–H and O–H groups in total. The second-order valence-electron chi connectivity index (χ2n) is 6.88. The second kappa shape index (κ2) is 7.50. The van der Waals surface area contributed by atoms with E-state index < -0.39 is 0 Å². The lowest BCUT2D eigenvalue weighted by Crippen LogP contribution is -3.19. The molecule has 1 atom stereocenters. The third kappa shape index (κ3) is 3.43. The minimum atomic E-state index is -0.356. The summed E-state index contributed by atoms with van der Waals surface area (Å²) in [4.78, 5) is 30.2. The Morgan fingerprint density at radius 2 is 1.63 bits per heavy atom. The fourth-order valence-electron chi connectivity index (χ4n) is 3.91. The summed E-state index contributed by atoms with van der Waals surface area (Å²) in [6.07, 6.45) is 0.211. The van der Waals surface area contributed by atoms with Crippen LogP contribution in [0.3, 0.4) is 0 Å². The van der Waals surface area contributed by atoms with Crippen LogP contribution in [-0.4, -0.2) is 44.0 Å². The van der Waals surface area contributed by atoms with Gasteiger partial charge in [-0.15, -0.1) is 0 Å². The molecule has 0 bridgehead atoms. The monoisotopic (exact) mass is 404 g/mol. The number of rotatable bonds is 3. The molecule has 4 rings (SSSR count). The number of imide groups is 1. The number of nitrogens with zero attached hydrogens (tertiary/aromatic N) is 2. The molecule has 0 spiro atoms. The highest BCUT2D eigenvalue weighted by Crippen LogP contribution is 2.34. The summed E-state index contributed by atoms with van der Waals surface area (Å²) in [6.45, 7) is 3.34. The number of hydrogen-bond acceptors (Lipinski definition) is 3. The molecule has 0 radical (unpaired) electrons. The van der Waals surface area contributed by atoms with Gasteiger partial charge in [-0.25, -0.2) is 4.90 Å². The van der Waals surface area contributed by atoms with Crippen molar-refractivity contribution in [1.82, 2.24) is 0 Å². The smallest absolute Gasteiger partial charge is 0.292 e. The highest BCUT2D eigenvalue weighted by Gasteiger charge is 2.47. The molecule has 5 nitrogen and oxygen atoms in total. The molecule has 0 saturated carbocycles. The van der Waals surface area contributed by atoms with Crippen molar-refractivity contribution in [3.8, 4) is 0 Å². The van der Waals surface area contributed by atoms with Gasteiger partial charge in [0.25, 0.3) is 5.91 Å². The average molecular weight is 405 g/mol. The highest BCUT2D eigenvalue weighted by atomic mass is 35.5. The number of benzene rings is 2. The number of halogens is 2. The first-order chi connectivity index (χ1) is 13.1. The predicted octanol–water partition coefficient (Wildman–Crippen LogP) is 2.03. The number of nitrogens with one attached hydrogen (secondary N) is 1. The van der Waals surface area contributed by atoms with Gasteiger partial charge >= 0.3 is 0 Å². The largest absolute Gasteiger partial charge is 0.360 e. The minimum Gasteiger partial charge on any atom is -0.360 e. The molecule has 7 heteroatoms. The Hall–Kier alpha value is -2.08. The van der Waals surface area contributed by atoms with Crippen LogP contribution in [0.4, 0.5) is 11.4 Å². The lowest BCUT2D eigenvalue weighted by Gasteiger charge is -2.35. The molecule has 2 aliphatic heterocycles. The Kier molecular flexibility index (Phi) is 5.08. The molecule has 2 heterocycles. The van der Waals surface area contributed by atoms with E-state index in [0.29, 0.717) is 10.7 Å². The first-order valence-corrected chi connectivity index (χ1v) is 9.77. The van der Waals surface area contributed by atoms with Gasteiger partial charge < -0.3 is 9.80 Å². The molecule has 2 aliphatic rings. The Morgan fingerprint density at radius 3 is 2.33 bits per heavy atom. The summed E-state index contributed by atoms with van der Waals surface area (Å²) in [5.41, 5.74) is 1.57. The minimum absolute atomic E-state index is 0.188. The van der Waals surface area contributed by atoms with Crippen molar-refractivity contribution in [1.29, 1.82) is 0 Å². The lowest BCUT2D eigenvalue weighted by molar-refractivity contribution is -0.915. The second-order valence-corrected chi connectivity index (χ2v) is 7.66. The topological polar surface area (TPSA) is 45.1 Å². The van der Waals surface area contributed by atoms with Crippen LogP contribution in [0, 0.1) is 0 Å². The van der Waals surface area contributed by atoms with Crippen molar-refractivity contribution in [3.63, 3.8) is 0 Å².